The molecule has 102 valence electrons. The van der Waals surface area contributed by atoms with Gasteiger partial charge < -0.3 is 9.64 Å². The minimum absolute atomic E-state index is 0.0930. The van der Waals surface area contributed by atoms with Crippen LogP contribution in [0.1, 0.15) is 29.6 Å². The van der Waals surface area contributed by atoms with Crippen LogP contribution >= 0.6 is 23.2 Å². The van der Waals surface area contributed by atoms with Crippen molar-refractivity contribution >= 4 is 29.1 Å². The lowest BCUT2D eigenvalue weighted by molar-refractivity contribution is -0.0445. The number of hydrogen-bond donors (Lipinski definition) is 0. The van der Waals surface area contributed by atoms with Crippen LogP contribution in [0, 0.1) is 0 Å². The van der Waals surface area contributed by atoms with Gasteiger partial charge in [0.1, 0.15) is 0 Å². The molecular weight excluding hydrogens is 289 g/mol. The zero-order chi connectivity index (χ0) is 13.4. The molecule has 19 heavy (non-hydrogen) atoms. The van der Waals surface area contributed by atoms with Gasteiger partial charge in [0.15, 0.2) is 10.3 Å². The maximum absolute atomic E-state index is 12.6. The van der Waals surface area contributed by atoms with Gasteiger partial charge in [-0.15, -0.1) is 10.2 Å². The van der Waals surface area contributed by atoms with Crippen molar-refractivity contribution in [3.63, 3.8) is 0 Å². The standard InChI is InChI=1S/C12H13Cl2N3O2/c13-10-6-7(11(14)16-15-10)12(18)17-4-5-19-9-3-1-2-8(9)17/h6,8-9H,1-5H2. The summed E-state index contributed by atoms with van der Waals surface area (Å²) in [7, 11) is 0. The smallest absolute Gasteiger partial charge is 0.257 e. The monoisotopic (exact) mass is 301 g/mol. The van der Waals surface area contributed by atoms with Gasteiger partial charge in [-0.1, -0.05) is 23.2 Å². The van der Waals surface area contributed by atoms with Crippen LogP contribution < -0.4 is 0 Å². The van der Waals surface area contributed by atoms with E-state index in [-0.39, 0.29) is 28.4 Å². The predicted octanol–water partition coefficient (Wildman–Crippen LogP) is 2.18. The normalized spacial score (nSPS) is 26.3. The molecular formula is C12H13Cl2N3O2. The minimum Gasteiger partial charge on any atom is -0.374 e. The average Bonchev–Trinajstić information content (AvgIpc) is 2.89. The van der Waals surface area contributed by atoms with Gasteiger partial charge in [-0.3, -0.25) is 4.79 Å². The molecule has 2 unspecified atom stereocenters. The first-order valence-electron chi connectivity index (χ1n) is 6.28. The summed E-state index contributed by atoms with van der Waals surface area (Å²) in [4.78, 5) is 14.4. The predicted molar refractivity (Wildman–Crippen MR) is 70.5 cm³/mol. The fourth-order valence-electron chi connectivity index (χ4n) is 2.84. The Morgan fingerprint density at radius 2 is 2.21 bits per heavy atom. The Morgan fingerprint density at radius 1 is 1.37 bits per heavy atom. The quantitative estimate of drug-likeness (QED) is 0.798. The number of carbonyl (C=O) groups excluding carboxylic acids is 1. The molecule has 1 aliphatic carbocycles. The molecule has 2 fully saturated rings. The molecule has 2 aliphatic rings. The van der Waals surface area contributed by atoms with E-state index in [4.69, 9.17) is 27.9 Å². The Labute approximate surface area is 120 Å². The number of ether oxygens (including phenoxy) is 1. The highest BCUT2D eigenvalue weighted by molar-refractivity contribution is 6.34. The highest BCUT2D eigenvalue weighted by atomic mass is 35.5. The van der Waals surface area contributed by atoms with Gasteiger partial charge in [-0.25, -0.2) is 0 Å². The molecule has 0 aromatic carbocycles. The van der Waals surface area contributed by atoms with Crippen molar-refractivity contribution in [2.45, 2.75) is 31.4 Å². The highest BCUT2D eigenvalue weighted by Gasteiger charge is 2.39. The molecule has 0 spiro atoms. The Kier molecular flexibility index (Phi) is 3.60. The summed E-state index contributed by atoms with van der Waals surface area (Å²) in [6, 6.07) is 1.61. The van der Waals surface area contributed by atoms with Gasteiger partial charge in [-0.05, 0) is 25.3 Å². The third-order valence-corrected chi connectivity index (χ3v) is 4.16. The number of rotatable bonds is 1. The van der Waals surface area contributed by atoms with E-state index in [9.17, 15) is 4.79 Å². The molecule has 0 N–H and O–H groups in total. The molecule has 1 saturated carbocycles. The summed E-state index contributed by atoms with van der Waals surface area (Å²) in [6.07, 6.45) is 3.22. The van der Waals surface area contributed by atoms with Crippen LogP contribution in [0.3, 0.4) is 0 Å². The fraction of sp³-hybridized carbons (Fsp3) is 0.583. The maximum atomic E-state index is 12.6. The van der Waals surface area contributed by atoms with Crippen molar-refractivity contribution < 1.29 is 9.53 Å². The zero-order valence-corrected chi connectivity index (χ0v) is 11.7. The molecule has 1 aromatic heterocycles. The number of fused-ring (bicyclic) bond motifs is 1. The molecule has 0 bridgehead atoms. The van der Waals surface area contributed by atoms with Crippen molar-refractivity contribution in [2.75, 3.05) is 13.2 Å². The van der Waals surface area contributed by atoms with Crippen LogP contribution in [-0.2, 0) is 4.74 Å². The van der Waals surface area contributed by atoms with E-state index < -0.39 is 0 Å². The number of hydrogen-bond acceptors (Lipinski definition) is 4. The van der Waals surface area contributed by atoms with Crippen LogP contribution in [0.2, 0.25) is 10.3 Å². The molecule has 1 saturated heterocycles. The molecule has 1 amide bonds. The van der Waals surface area contributed by atoms with Crippen molar-refractivity contribution in [3.05, 3.63) is 21.9 Å². The third kappa shape index (κ3) is 2.42. The van der Waals surface area contributed by atoms with Gasteiger partial charge in [0.05, 0.1) is 24.3 Å². The maximum Gasteiger partial charge on any atom is 0.257 e. The fourth-order valence-corrected chi connectivity index (χ4v) is 3.16. The van der Waals surface area contributed by atoms with E-state index in [1.54, 1.807) is 0 Å². The Hall–Kier alpha value is -0.910. The lowest BCUT2D eigenvalue weighted by Gasteiger charge is -2.37. The van der Waals surface area contributed by atoms with E-state index in [1.807, 2.05) is 4.90 Å². The highest BCUT2D eigenvalue weighted by Crippen LogP contribution is 2.31. The molecule has 3 rings (SSSR count). The molecule has 0 radical (unpaired) electrons. The molecule has 7 heteroatoms. The van der Waals surface area contributed by atoms with Crippen LogP contribution in [0.25, 0.3) is 0 Å². The van der Waals surface area contributed by atoms with Crippen LogP contribution in [0.5, 0.6) is 0 Å². The van der Waals surface area contributed by atoms with Crippen LogP contribution in [0.4, 0.5) is 0 Å². The topological polar surface area (TPSA) is 55.3 Å². The van der Waals surface area contributed by atoms with E-state index in [1.165, 1.54) is 6.07 Å². The van der Waals surface area contributed by atoms with E-state index in [0.29, 0.717) is 18.7 Å². The van der Waals surface area contributed by atoms with Gasteiger partial charge in [-0.2, -0.15) is 0 Å². The summed E-state index contributed by atoms with van der Waals surface area (Å²) >= 11 is 11.7. The van der Waals surface area contributed by atoms with E-state index >= 15 is 0 Å². The van der Waals surface area contributed by atoms with Crippen molar-refractivity contribution in [1.82, 2.24) is 15.1 Å². The number of carbonyl (C=O) groups is 1. The van der Waals surface area contributed by atoms with Crippen LogP contribution in [-0.4, -0.2) is 46.3 Å². The number of aromatic nitrogens is 2. The van der Waals surface area contributed by atoms with Crippen LogP contribution in [0.15, 0.2) is 6.07 Å². The second kappa shape index (κ2) is 5.23. The average molecular weight is 302 g/mol. The summed E-state index contributed by atoms with van der Waals surface area (Å²) in [5, 5.41) is 7.57. The SMILES string of the molecule is O=C(c1cc(Cl)nnc1Cl)N1CCOC2CCCC21. The zero-order valence-electron chi connectivity index (χ0n) is 10.2. The van der Waals surface area contributed by atoms with Crippen molar-refractivity contribution in [2.24, 2.45) is 0 Å². The van der Waals surface area contributed by atoms with Gasteiger partial charge >= 0.3 is 0 Å². The Morgan fingerprint density at radius 3 is 3.05 bits per heavy atom. The first-order chi connectivity index (χ1) is 9.16. The van der Waals surface area contributed by atoms with Gasteiger partial charge in [0, 0.05) is 6.54 Å². The van der Waals surface area contributed by atoms with Crippen molar-refractivity contribution in [3.8, 4) is 0 Å². The Balaban J connectivity index is 1.88. The molecule has 1 aliphatic heterocycles. The Bertz CT molecular complexity index is 512. The first-order valence-corrected chi connectivity index (χ1v) is 7.03. The second-order valence-corrected chi connectivity index (χ2v) is 5.52. The minimum atomic E-state index is -0.137. The van der Waals surface area contributed by atoms with Gasteiger partial charge in [0.2, 0.25) is 0 Å². The number of morpholine rings is 1. The lowest BCUT2D eigenvalue weighted by atomic mass is 10.1. The summed E-state index contributed by atoms with van der Waals surface area (Å²) in [5.74, 6) is -0.137. The molecule has 5 nitrogen and oxygen atoms in total. The third-order valence-electron chi connectivity index (χ3n) is 3.69. The summed E-state index contributed by atoms with van der Waals surface area (Å²) < 4.78 is 5.69. The summed E-state index contributed by atoms with van der Waals surface area (Å²) in [6.45, 7) is 1.15. The number of nitrogens with zero attached hydrogens (tertiary/aromatic N) is 3. The molecule has 2 atom stereocenters. The van der Waals surface area contributed by atoms with E-state index in [0.717, 1.165) is 19.3 Å². The lowest BCUT2D eigenvalue weighted by Crippen LogP contribution is -2.51. The number of amides is 1. The van der Waals surface area contributed by atoms with Crippen molar-refractivity contribution in [1.29, 1.82) is 0 Å². The van der Waals surface area contributed by atoms with Gasteiger partial charge in [0.25, 0.3) is 5.91 Å². The van der Waals surface area contributed by atoms with E-state index in [2.05, 4.69) is 10.2 Å². The first kappa shape index (κ1) is 13.1. The molecule has 1 aromatic rings. The largest absolute Gasteiger partial charge is 0.374 e. The summed E-state index contributed by atoms with van der Waals surface area (Å²) in [5.41, 5.74) is 0.314. The number of halogens is 2. The molecule has 2 heterocycles. The second-order valence-electron chi connectivity index (χ2n) is 4.78.